The molecule has 0 amide bonds. The Hall–Kier alpha value is -1.89. The number of imidazole rings is 1. The van der Waals surface area contributed by atoms with Crippen molar-refractivity contribution in [2.45, 2.75) is 31.8 Å². The number of nitrogen functional groups attached to an aromatic ring is 1. The lowest BCUT2D eigenvalue weighted by Gasteiger charge is -2.26. The van der Waals surface area contributed by atoms with E-state index in [1.807, 2.05) is 0 Å². The number of hydrogen-bond acceptors (Lipinski definition) is 6. The molecule has 0 saturated heterocycles. The van der Waals surface area contributed by atoms with E-state index in [1.54, 1.807) is 6.33 Å². The van der Waals surface area contributed by atoms with Gasteiger partial charge in [0.1, 0.15) is 5.52 Å². The highest BCUT2D eigenvalue weighted by atomic mass is 16.3. The molecule has 7 heteroatoms. The maximum Gasteiger partial charge on any atom is 0.224 e. The predicted molar refractivity (Wildman–Crippen MR) is 72.6 cm³/mol. The first-order chi connectivity index (χ1) is 9.22. The first-order valence-electron chi connectivity index (χ1n) is 6.61. The largest absolute Gasteiger partial charge is 0.393 e. The monoisotopic (exact) mass is 262 g/mol. The number of aliphatic hydroxyl groups is 1. The molecular weight excluding hydrogens is 244 g/mol. The smallest absolute Gasteiger partial charge is 0.224 e. The van der Waals surface area contributed by atoms with Crippen LogP contribution in [-0.4, -0.2) is 37.7 Å². The Kier molecular flexibility index (Phi) is 3.20. The van der Waals surface area contributed by atoms with Gasteiger partial charge in [0, 0.05) is 6.54 Å². The van der Waals surface area contributed by atoms with E-state index >= 15 is 0 Å². The molecule has 5 N–H and O–H groups in total. The van der Waals surface area contributed by atoms with Gasteiger partial charge in [-0.2, -0.15) is 9.97 Å². The minimum Gasteiger partial charge on any atom is -0.393 e. The third kappa shape index (κ3) is 2.60. The minimum atomic E-state index is -0.164. The predicted octanol–water partition coefficient (Wildman–Crippen LogP) is 0.898. The fourth-order valence-corrected chi connectivity index (χ4v) is 2.67. The first kappa shape index (κ1) is 12.2. The van der Waals surface area contributed by atoms with Crippen LogP contribution in [0.25, 0.3) is 11.2 Å². The zero-order valence-electron chi connectivity index (χ0n) is 10.6. The van der Waals surface area contributed by atoms with Crippen LogP contribution in [0.1, 0.15) is 25.7 Å². The van der Waals surface area contributed by atoms with Crippen LogP contribution in [0.15, 0.2) is 6.33 Å². The van der Waals surface area contributed by atoms with Crippen LogP contribution < -0.4 is 11.1 Å². The van der Waals surface area contributed by atoms with Crippen molar-refractivity contribution in [3.05, 3.63) is 6.33 Å². The normalized spacial score (nSPS) is 23.6. The number of hydrogen-bond donors (Lipinski definition) is 4. The number of H-pyrrole nitrogens is 1. The summed E-state index contributed by atoms with van der Waals surface area (Å²) >= 11 is 0. The molecule has 0 bridgehead atoms. The molecule has 1 aliphatic rings. The highest BCUT2D eigenvalue weighted by Crippen LogP contribution is 2.25. The van der Waals surface area contributed by atoms with Crippen LogP contribution in [0.2, 0.25) is 0 Å². The zero-order valence-corrected chi connectivity index (χ0v) is 10.6. The Morgan fingerprint density at radius 1 is 1.42 bits per heavy atom. The van der Waals surface area contributed by atoms with Gasteiger partial charge in [-0.15, -0.1) is 0 Å². The fourth-order valence-electron chi connectivity index (χ4n) is 2.67. The van der Waals surface area contributed by atoms with Crippen molar-refractivity contribution in [3.63, 3.8) is 0 Å². The first-order valence-corrected chi connectivity index (χ1v) is 6.61. The molecule has 2 aromatic heterocycles. The van der Waals surface area contributed by atoms with E-state index in [4.69, 9.17) is 5.73 Å². The summed E-state index contributed by atoms with van der Waals surface area (Å²) in [7, 11) is 0. The molecule has 0 aromatic carbocycles. The number of rotatable bonds is 3. The molecule has 0 radical (unpaired) electrons. The minimum absolute atomic E-state index is 0.164. The van der Waals surface area contributed by atoms with Gasteiger partial charge in [0.05, 0.1) is 12.4 Å². The molecule has 102 valence electrons. The van der Waals surface area contributed by atoms with E-state index in [1.165, 1.54) is 0 Å². The van der Waals surface area contributed by atoms with Crippen molar-refractivity contribution in [2.24, 2.45) is 5.92 Å². The van der Waals surface area contributed by atoms with E-state index in [2.05, 4.69) is 25.3 Å². The summed E-state index contributed by atoms with van der Waals surface area (Å²) in [6.45, 7) is 0.779. The number of aromatic amines is 1. The molecule has 2 unspecified atom stereocenters. The van der Waals surface area contributed by atoms with Gasteiger partial charge in [-0.1, -0.05) is 6.42 Å². The lowest BCUT2D eigenvalue weighted by Crippen LogP contribution is -2.25. The molecular formula is C12H18N6O. The Bertz CT molecular complexity index is 568. The molecule has 1 aliphatic carbocycles. The van der Waals surface area contributed by atoms with Gasteiger partial charge in [0.15, 0.2) is 11.5 Å². The second-order valence-corrected chi connectivity index (χ2v) is 5.10. The van der Waals surface area contributed by atoms with E-state index in [0.717, 1.165) is 37.7 Å². The van der Waals surface area contributed by atoms with E-state index in [-0.39, 0.29) is 12.1 Å². The number of nitrogens with zero attached hydrogens (tertiary/aromatic N) is 3. The van der Waals surface area contributed by atoms with Gasteiger partial charge >= 0.3 is 0 Å². The van der Waals surface area contributed by atoms with Crippen molar-refractivity contribution >= 4 is 22.9 Å². The zero-order chi connectivity index (χ0) is 13.2. The number of aliphatic hydroxyl groups excluding tert-OH is 1. The maximum atomic E-state index is 9.67. The molecule has 19 heavy (non-hydrogen) atoms. The fraction of sp³-hybridized carbons (Fsp3) is 0.583. The standard InChI is InChI=1S/C12H18N6O/c13-12-17-10(9-11(18-12)16-6-15-9)14-5-7-2-1-3-8(19)4-7/h6-8,19H,1-5H2,(H4,13,14,15,16,17,18). The lowest BCUT2D eigenvalue weighted by atomic mass is 9.87. The summed E-state index contributed by atoms with van der Waals surface area (Å²) in [6.07, 6.45) is 5.40. The lowest BCUT2D eigenvalue weighted by molar-refractivity contribution is 0.104. The second kappa shape index (κ2) is 5.00. The van der Waals surface area contributed by atoms with Crippen LogP contribution in [0, 0.1) is 5.92 Å². The summed E-state index contributed by atoms with van der Waals surface area (Å²) < 4.78 is 0. The number of aromatic nitrogens is 4. The van der Waals surface area contributed by atoms with E-state index < -0.39 is 0 Å². The quantitative estimate of drug-likeness (QED) is 0.653. The molecule has 2 aromatic rings. The van der Waals surface area contributed by atoms with Crippen LogP contribution in [0.4, 0.5) is 11.8 Å². The Labute approximate surface area is 110 Å². The number of fused-ring (bicyclic) bond motifs is 1. The Balaban J connectivity index is 1.72. The van der Waals surface area contributed by atoms with Gasteiger partial charge in [-0.3, -0.25) is 0 Å². The average molecular weight is 262 g/mol. The van der Waals surface area contributed by atoms with Crippen molar-refractivity contribution in [1.82, 2.24) is 19.9 Å². The third-order valence-electron chi connectivity index (χ3n) is 3.62. The molecule has 0 aliphatic heterocycles. The molecule has 1 saturated carbocycles. The van der Waals surface area contributed by atoms with Gasteiger partial charge in [0.2, 0.25) is 5.95 Å². The van der Waals surface area contributed by atoms with Gasteiger partial charge in [-0.25, -0.2) is 4.98 Å². The summed E-state index contributed by atoms with van der Waals surface area (Å²) in [4.78, 5) is 15.3. The summed E-state index contributed by atoms with van der Waals surface area (Å²) in [5, 5.41) is 13.0. The Morgan fingerprint density at radius 3 is 3.16 bits per heavy atom. The Morgan fingerprint density at radius 2 is 2.32 bits per heavy atom. The van der Waals surface area contributed by atoms with Gasteiger partial charge in [0.25, 0.3) is 0 Å². The summed E-state index contributed by atoms with van der Waals surface area (Å²) in [5.74, 6) is 1.36. The van der Waals surface area contributed by atoms with Crippen molar-refractivity contribution < 1.29 is 5.11 Å². The van der Waals surface area contributed by atoms with Crippen LogP contribution in [-0.2, 0) is 0 Å². The van der Waals surface area contributed by atoms with Crippen LogP contribution >= 0.6 is 0 Å². The molecule has 0 spiro atoms. The molecule has 7 nitrogen and oxygen atoms in total. The maximum absolute atomic E-state index is 9.67. The SMILES string of the molecule is Nc1nc(NCC2CCCC(O)C2)c2[nH]cnc2n1. The average Bonchev–Trinajstić information content (AvgIpc) is 2.84. The number of nitrogens with one attached hydrogen (secondary N) is 2. The summed E-state index contributed by atoms with van der Waals surface area (Å²) in [6, 6.07) is 0. The van der Waals surface area contributed by atoms with Gasteiger partial charge in [-0.05, 0) is 25.2 Å². The third-order valence-corrected chi connectivity index (χ3v) is 3.62. The van der Waals surface area contributed by atoms with E-state index in [9.17, 15) is 5.11 Å². The van der Waals surface area contributed by atoms with Gasteiger partial charge < -0.3 is 21.1 Å². The molecule has 1 fully saturated rings. The number of nitrogens with two attached hydrogens (primary N) is 1. The van der Waals surface area contributed by atoms with Crippen LogP contribution in [0.5, 0.6) is 0 Å². The molecule has 2 atom stereocenters. The highest BCUT2D eigenvalue weighted by Gasteiger charge is 2.20. The highest BCUT2D eigenvalue weighted by molar-refractivity contribution is 5.83. The van der Waals surface area contributed by atoms with Crippen molar-refractivity contribution in [2.75, 3.05) is 17.6 Å². The van der Waals surface area contributed by atoms with Crippen LogP contribution in [0.3, 0.4) is 0 Å². The number of anilines is 2. The van der Waals surface area contributed by atoms with E-state index in [0.29, 0.717) is 17.4 Å². The second-order valence-electron chi connectivity index (χ2n) is 5.10. The molecule has 2 heterocycles. The van der Waals surface area contributed by atoms with Crippen molar-refractivity contribution in [3.8, 4) is 0 Å². The molecule has 3 rings (SSSR count). The topological polar surface area (TPSA) is 113 Å². The van der Waals surface area contributed by atoms with Crippen molar-refractivity contribution in [1.29, 1.82) is 0 Å². The summed E-state index contributed by atoms with van der Waals surface area (Å²) in [5.41, 5.74) is 7.00.